The van der Waals surface area contributed by atoms with E-state index in [1.807, 2.05) is 60.4 Å². The zero-order chi connectivity index (χ0) is 24.5. The number of ether oxygens (including phenoxy) is 1. The fourth-order valence-corrected chi connectivity index (χ4v) is 4.95. The van der Waals surface area contributed by atoms with Gasteiger partial charge in [0.1, 0.15) is 6.04 Å². The highest BCUT2D eigenvalue weighted by Crippen LogP contribution is 2.37. The van der Waals surface area contributed by atoms with E-state index in [-0.39, 0.29) is 5.91 Å². The molecule has 3 aromatic carbocycles. The highest BCUT2D eigenvalue weighted by molar-refractivity contribution is 6.04. The molecule has 0 radical (unpaired) electrons. The van der Waals surface area contributed by atoms with Crippen molar-refractivity contribution in [2.45, 2.75) is 25.8 Å². The van der Waals surface area contributed by atoms with Gasteiger partial charge in [0.15, 0.2) is 0 Å². The zero-order valence-corrected chi connectivity index (χ0v) is 20.2. The quantitative estimate of drug-likeness (QED) is 0.436. The summed E-state index contributed by atoms with van der Waals surface area (Å²) >= 11 is 0. The first-order valence-corrected chi connectivity index (χ1v) is 12.4. The molecule has 1 saturated heterocycles. The van der Waals surface area contributed by atoms with Crippen molar-refractivity contribution in [2.24, 2.45) is 0 Å². The maximum Gasteiger partial charge on any atom is 0.258 e. The molecule has 1 amide bonds. The Balaban J connectivity index is 1.27. The molecule has 0 spiro atoms. The van der Waals surface area contributed by atoms with Crippen molar-refractivity contribution < 1.29 is 9.53 Å². The van der Waals surface area contributed by atoms with Crippen LogP contribution in [0.15, 0.2) is 72.8 Å². The van der Waals surface area contributed by atoms with Crippen LogP contribution in [0.3, 0.4) is 0 Å². The van der Waals surface area contributed by atoms with Gasteiger partial charge >= 0.3 is 0 Å². The molecule has 1 fully saturated rings. The second kappa shape index (κ2) is 9.54. The number of carbonyl (C=O) groups is 1. The minimum Gasteiger partial charge on any atom is -0.378 e. The number of fused-ring (bicyclic) bond motifs is 2. The number of hydrogen-bond donors (Lipinski definition) is 0. The largest absolute Gasteiger partial charge is 0.378 e. The Labute approximate surface area is 210 Å². The molecule has 3 heterocycles. The van der Waals surface area contributed by atoms with E-state index in [0.717, 1.165) is 72.9 Å². The molecule has 0 aliphatic carbocycles. The van der Waals surface area contributed by atoms with E-state index in [2.05, 4.69) is 44.6 Å². The Hall–Kier alpha value is -4.04. The molecule has 1 unspecified atom stereocenters. The zero-order valence-electron chi connectivity index (χ0n) is 20.2. The minimum atomic E-state index is -0.627. The molecule has 4 aromatic rings. The summed E-state index contributed by atoms with van der Waals surface area (Å²) in [6, 6.07) is 23.7. The molecule has 0 bridgehead atoms. The summed E-state index contributed by atoms with van der Waals surface area (Å²) in [5.41, 5.74) is 6.15. The normalized spacial score (nSPS) is 16.1. The van der Waals surface area contributed by atoms with E-state index in [1.165, 1.54) is 4.80 Å². The van der Waals surface area contributed by atoms with Crippen LogP contribution < -0.4 is 9.80 Å². The molecule has 8 nitrogen and oxygen atoms in total. The van der Waals surface area contributed by atoms with Gasteiger partial charge in [0.05, 0.1) is 24.6 Å². The van der Waals surface area contributed by atoms with E-state index in [9.17, 15) is 4.79 Å². The number of anilines is 3. The predicted molar refractivity (Wildman–Crippen MR) is 138 cm³/mol. The van der Waals surface area contributed by atoms with Crippen LogP contribution in [0.5, 0.6) is 0 Å². The van der Waals surface area contributed by atoms with Gasteiger partial charge in [-0.3, -0.25) is 9.69 Å². The van der Waals surface area contributed by atoms with Crippen molar-refractivity contribution in [2.75, 3.05) is 36.1 Å². The van der Waals surface area contributed by atoms with Gasteiger partial charge in [0.2, 0.25) is 5.82 Å². The van der Waals surface area contributed by atoms with Gasteiger partial charge in [-0.1, -0.05) is 36.4 Å². The lowest BCUT2D eigenvalue weighted by molar-refractivity contribution is -0.121. The van der Waals surface area contributed by atoms with E-state index >= 15 is 0 Å². The van der Waals surface area contributed by atoms with Gasteiger partial charge in [-0.25, -0.2) is 0 Å². The van der Waals surface area contributed by atoms with E-state index < -0.39 is 6.04 Å². The third-order valence-corrected chi connectivity index (χ3v) is 6.98. The van der Waals surface area contributed by atoms with Crippen molar-refractivity contribution in [1.82, 2.24) is 20.2 Å². The van der Waals surface area contributed by atoms with Crippen molar-refractivity contribution in [3.8, 4) is 11.4 Å². The average molecular weight is 481 g/mol. The van der Waals surface area contributed by atoms with Crippen LogP contribution in [0.2, 0.25) is 0 Å². The Kier molecular flexibility index (Phi) is 5.95. The van der Waals surface area contributed by atoms with Crippen LogP contribution in [-0.2, 0) is 22.4 Å². The van der Waals surface area contributed by atoms with Crippen LogP contribution >= 0.6 is 0 Å². The molecule has 0 N–H and O–H groups in total. The van der Waals surface area contributed by atoms with Crippen LogP contribution in [0.25, 0.3) is 11.4 Å². The maximum absolute atomic E-state index is 13.9. The highest BCUT2D eigenvalue weighted by Gasteiger charge is 2.31. The number of benzene rings is 3. The van der Waals surface area contributed by atoms with Crippen molar-refractivity contribution >= 4 is 23.0 Å². The number of hydrogen-bond acceptors (Lipinski definition) is 6. The second-order valence-corrected chi connectivity index (χ2v) is 9.19. The van der Waals surface area contributed by atoms with Crippen LogP contribution in [0, 0.1) is 0 Å². The molecule has 2 aliphatic rings. The van der Waals surface area contributed by atoms with E-state index in [0.29, 0.717) is 5.82 Å². The summed E-state index contributed by atoms with van der Waals surface area (Å²) in [5.74, 6) is 0.406. The van der Waals surface area contributed by atoms with Crippen molar-refractivity contribution in [3.05, 3.63) is 83.9 Å². The van der Waals surface area contributed by atoms with Crippen LogP contribution in [0.4, 0.5) is 17.1 Å². The van der Waals surface area contributed by atoms with Gasteiger partial charge < -0.3 is 9.64 Å². The molecule has 1 aromatic heterocycles. The van der Waals surface area contributed by atoms with Gasteiger partial charge in [-0.2, -0.15) is 4.80 Å². The van der Waals surface area contributed by atoms with Crippen molar-refractivity contribution in [1.29, 1.82) is 0 Å². The number of aromatic nitrogens is 4. The molecule has 36 heavy (non-hydrogen) atoms. The maximum atomic E-state index is 13.9. The molecule has 182 valence electrons. The lowest BCUT2D eigenvalue weighted by Crippen LogP contribution is -2.36. The number of tetrazole rings is 1. The first-order valence-electron chi connectivity index (χ1n) is 12.4. The Bertz CT molecular complexity index is 1330. The summed E-state index contributed by atoms with van der Waals surface area (Å²) in [7, 11) is 0. The number of nitrogens with zero attached hydrogens (tertiary/aromatic N) is 6. The van der Waals surface area contributed by atoms with Gasteiger partial charge in [-0.15, -0.1) is 10.2 Å². The van der Waals surface area contributed by atoms with Gasteiger partial charge in [0.25, 0.3) is 5.91 Å². The second-order valence-electron chi connectivity index (χ2n) is 9.19. The third-order valence-electron chi connectivity index (χ3n) is 6.98. The number of rotatable bonds is 4. The predicted octanol–water partition coefficient (Wildman–Crippen LogP) is 4.20. The number of carbonyl (C=O) groups excluding carboxylic acids is 1. The summed E-state index contributed by atoms with van der Waals surface area (Å²) in [4.78, 5) is 19.5. The number of amides is 1. The lowest BCUT2D eigenvalue weighted by Gasteiger charge is -2.28. The van der Waals surface area contributed by atoms with Gasteiger partial charge in [-0.05, 0) is 72.5 Å². The molecule has 1 atom stereocenters. The SMILES string of the molecule is CC(C(=O)N1c2ccccc2CCc2ccccc21)n1nnc(-c2ccc(N3CCOCC3)cc2)n1. The number of morpholine rings is 1. The average Bonchev–Trinajstić information content (AvgIpc) is 3.37. The van der Waals surface area contributed by atoms with Crippen LogP contribution in [-0.4, -0.2) is 52.4 Å². The molecular weight excluding hydrogens is 452 g/mol. The smallest absolute Gasteiger partial charge is 0.258 e. The molecule has 0 saturated carbocycles. The van der Waals surface area contributed by atoms with Gasteiger partial charge in [0, 0.05) is 24.3 Å². The Morgan fingerprint density at radius 2 is 1.47 bits per heavy atom. The summed E-state index contributed by atoms with van der Waals surface area (Å²) in [6.45, 7) is 5.09. The summed E-state index contributed by atoms with van der Waals surface area (Å²) in [5, 5.41) is 13.1. The fraction of sp³-hybridized carbons (Fsp3) is 0.286. The number of aryl methyl sites for hydroxylation is 2. The van der Waals surface area contributed by atoms with Crippen molar-refractivity contribution in [3.63, 3.8) is 0 Å². The minimum absolute atomic E-state index is 0.0941. The van der Waals surface area contributed by atoms with E-state index in [1.54, 1.807) is 0 Å². The monoisotopic (exact) mass is 480 g/mol. The Morgan fingerprint density at radius 3 is 2.11 bits per heavy atom. The molecule has 6 rings (SSSR count). The third kappa shape index (κ3) is 4.13. The standard InChI is InChI=1S/C28H28N6O2/c1-20(28(35)33-25-8-4-2-6-21(25)10-11-22-7-3-5-9-26(22)33)34-30-27(29-31-34)23-12-14-24(15-13-23)32-16-18-36-19-17-32/h2-9,12-15,20H,10-11,16-19H2,1H3. The highest BCUT2D eigenvalue weighted by atomic mass is 16.5. The fourth-order valence-electron chi connectivity index (χ4n) is 4.95. The molecule has 8 heteroatoms. The lowest BCUT2D eigenvalue weighted by atomic mass is 10.0. The summed E-state index contributed by atoms with van der Waals surface area (Å²) < 4.78 is 5.44. The number of para-hydroxylation sites is 2. The first kappa shape index (κ1) is 22.4. The first-order chi connectivity index (χ1) is 17.7. The Morgan fingerprint density at radius 1 is 0.861 bits per heavy atom. The van der Waals surface area contributed by atoms with E-state index in [4.69, 9.17) is 4.74 Å². The topological polar surface area (TPSA) is 76.4 Å². The molecule has 2 aliphatic heterocycles. The summed E-state index contributed by atoms with van der Waals surface area (Å²) in [6.07, 6.45) is 1.77. The molecular formula is C28H28N6O2. The van der Waals surface area contributed by atoms with Crippen LogP contribution in [0.1, 0.15) is 24.1 Å².